The number of benzene rings is 3. The third-order valence-electron chi connectivity index (χ3n) is 7.03. The van der Waals surface area contributed by atoms with Crippen LogP contribution in [0, 0.1) is 29.1 Å². The number of halogens is 5. The van der Waals surface area contributed by atoms with Crippen molar-refractivity contribution in [3.63, 3.8) is 0 Å². The highest BCUT2D eigenvalue weighted by Gasteiger charge is 2.34. The summed E-state index contributed by atoms with van der Waals surface area (Å²) in [6.07, 6.45) is -0.980. The molecule has 12 heteroatoms. The van der Waals surface area contributed by atoms with E-state index in [1.807, 2.05) is 12.1 Å². The molecule has 0 aromatic heterocycles. The van der Waals surface area contributed by atoms with Crippen molar-refractivity contribution in [2.45, 2.75) is 31.5 Å². The third-order valence-corrected chi connectivity index (χ3v) is 7.03. The van der Waals surface area contributed by atoms with Crippen molar-refractivity contribution in [2.24, 2.45) is 0 Å². The number of hydrogen-bond acceptors (Lipinski definition) is 6. The Kier molecular flexibility index (Phi) is 8.95. The molecular weight excluding hydrogens is 551 g/mol. The van der Waals surface area contributed by atoms with Gasteiger partial charge < -0.3 is 24.6 Å². The number of aliphatic hydroxyl groups is 1. The molecule has 3 atom stereocenters. The van der Waals surface area contributed by atoms with E-state index in [2.05, 4.69) is 10.2 Å². The molecule has 2 saturated heterocycles. The van der Waals surface area contributed by atoms with Gasteiger partial charge in [-0.1, -0.05) is 36.4 Å². The highest BCUT2D eigenvalue weighted by atomic mass is 19.2. The summed E-state index contributed by atoms with van der Waals surface area (Å²) in [5, 5.41) is 11.6. The monoisotopic (exact) mass is 578 g/mol. The maximum atomic E-state index is 14.2. The number of morpholine rings is 1. The number of ether oxygens (including phenoxy) is 3. The van der Waals surface area contributed by atoms with E-state index in [4.69, 9.17) is 14.2 Å². The van der Waals surface area contributed by atoms with Crippen LogP contribution in [0.25, 0.3) is 0 Å². The summed E-state index contributed by atoms with van der Waals surface area (Å²) in [5.74, 6) is -12.7. The van der Waals surface area contributed by atoms with Crippen LogP contribution in [0.4, 0.5) is 27.6 Å². The summed E-state index contributed by atoms with van der Waals surface area (Å²) in [4.78, 5) is 14.8. The van der Waals surface area contributed by atoms with E-state index < -0.39 is 46.8 Å². The Morgan fingerprint density at radius 2 is 1.54 bits per heavy atom. The van der Waals surface area contributed by atoms with E-state index >= 15 is 0 Å². The van der Waals surface area contributed by atoms with Crippen LogP contribution in [0.3, 0.4) is 0 Å². The van der Waals surface area contributed by atoms with Crippen LogP contribution in [0.15, 0.2) is 48.5 Å². The van der Waals surface area contributed by atoms with Crippen LogP contribution in [-0.4, -0.2) is 54.9 Å². The van der Waals surface area contributed by atoms with Gasteiger partial charge in [-0.15, -0.1) is 0 Å². The number of carbonyl (C=O) groups excluding carboxylic acids is 1. The molecule has 0 saturated carbocycles. The molecule has 0 radical (unpaired) electrons. The highest BCUT2D eigenvalue weighted by Crippen LogP contribution is 2.39. The second kappa shape index (κ2) is 12.6. The lowest BCUT2D eigenvalue weighted by Gasteiger charge is -2.39. The van der Waals surface area contributed by atoms with E-state index in [1.165, 1.54) is 18.2 Å². The predicted octanol–water partition coefficient (Wildman–Crippen LogP) is 5.00. The molecule has 0 spiro atoms. The molecule has 41 heavy (non-hydrogen) atoms. The minimum absolute atomic E-state index is 0.0304. The summed E-state index contributed by atoms with van der Waals surface area (Å²) in [6, 6.07) is 13.4. The van der Waals surface area contributed by atoms with Crippen LogP contribution in [0.2, 0.25) is 0 Å². The summed E-state index contributed by atoms with van der Waals surface area (Å²) >= 11 is 0. The normalized spacial score (nSPS) is 21.6. The number of nitrogens with one attached hydrogen (secondary N) is 1. The quantitative estimate of drug-likeness (QED) is 0.233. The molecular formula is C29H27F5N2O5. The largest absolute Gasteiger partial charge is 0.392 e. The van der Waals surface area contributed by atoms with Gasteiger partial charge in [0.1, 0.15) is 5.56 Å². The fourth-order valence-corrected chi connectivity index (χ4v) is 4.87. The zero-order valence-corrected chi connectivity index (χ0v) is 21.7. The SMILES string of the molecule is O=C(Nc1cccc([C@@H]2O[C@H](CN3CCOCC3)C[C@H](c3ccc(CO)cc3)O2)c1)c1c(F)c(F)c(F)c(F)c1F. The predicted molar refractivity (Wildman–Crippen MR) is 136 cm³/mol. The maximum absolute atomic E-state index is 14.2. The van der Waals surface area contributed by atoms with Gasteiger partial charge in [0.15, 0.2) is 29.6 Å². The van der Waals surface area contributed by atoms with E-state index in [0.717, 1.165) is 24.2 Å². The molecule has 7 nitrogen and oxygen atoms in total. The van der Waals surface area contributed by atoms with Crippen LogP contribution >= 0.6 is 0 Å². The molecule has 0 aliphatic carbocycles. The molecule has 0 bridgehead atoms. The summed E-state index contributed by atoms with van der Waals surface area (Å²) < 4.78 is 87.0. The standard InChI is InChI=1S/C29H27F5N2O5/c30-23-22(24(31)26(33)27(34)25(23)32)28(38)35-19-3-1-2-18(12-19)29-40-20(14-36-8-10-39-11-9-36)13-21(41-29)17-6-4-16(15-37)5-7-17/h1-7,12,20-21,29,37H,8-11,13-15H2,(H,35,38)/t20-,21+,29+/m0/s1. The molecule has 2 heterocycles. The van der Waals surface area contributed by atoms with Crippen molar-refractivity contribution < 1.29 is 46.1 Å². The minimum atomic E-state index is -2.35. The Morgan fingerprint density at radius 1 is 0.878 bits per heavy atom. The number of carbonyl (C=O) groups is 1. The van der Waals surface area contributed by atoms with Gasteiger partial charge in [0.05, 0.1) is 32.0 Å². The van der Waals surface area contributed by atoms with Crippen LogP contribution < -0.4 is 5.32 Å². The first-order valence-corrected chi connectivity index (χ1v) is 13.0. The van der Waals surface area contributed by atoms with Gasteiger partial charge in [-0.25, -0.2) is 22.0 Å². The summed E-state index contributed by atoms with van der Waals surface area (Å²) in [5.41, 5.74) is 0.526. The Labute approximate surface area is 232 Å². The molecule has 2 fully saturated rings. The fraction of sp³-hybridized carbons (Fsp3) is 0.345. The first-order valence-electron chi connectivity index (χ1n) is 13.0. The zero-order chi connectivity index (χ0) is 29.1. The van der Waals surface area contributed by atoms with Gasteiger partial charge in [-0.2, -0.15) is 0 Å². The second-order valence-electron chi connectivity index (χ2n) is 9.79. The topological polar surface area (TPSA) is 80.3 Å². The summed E-state index contributed by atoms with van der Waals surface area (Å²) in [7, 11) is 0. The van der Waals surface area contributed by atoms with Gasteiger partial charge in [0.2, 0.25) is 5.82 Å². The maximum Gasteiger partial charge on any atom is 0.261 e. The lowest BCUT2D eigenvalue weighted by Crippen LogP contribution is -2.44. The minimum Gasteiger partial charge on any atom is -0.392 e. The molecule has 0 unspecified atom stereocenters. The molecule has 2 N–H and O–H groups in total. The zero-order valence-electron chi connectivity index (χ0n) is 21.7. The van der Waals surface area contributed by atoms with Crippen molar-refractivity contribution in [1.82, 2.24) is 4.90 Å². The van der Waals surface area contributed by atoms with Crippen LogP contribution in [0.1, 0.15) is 45.9 Å². The van der Waals surface area contributed by atoms with Gasteiger partial charge in [-0.3, -0.25) is 9.69 Å². The van der Waals surface area contributed by atoms with Gasteiger partial charge in [0.25, 0.3) is 5.91 Å². The molecule has 3 aromatic rings. The molecule has 1 amide bonds. The Balaban J connectivity index is 1.38. The summed E-state index contributed by atoms with van der Waals surface area (Å²) in [6.45, 7) is 3.25. The van der Waals surface area contributed by atoms with Crippen LogP contribution in [-0.2, 0) is 20.8 Å². The first kappa shape index (κ1) is 29.1. The molecule has 2 aliphatic rings. The Bertz CT molecular complexity index is 1370. The third kappa shape index (κ3) is 6.41. The van der Waals surface area contributed by atoms with Crippen molar-refractivity contribution in [3.8, 4) is 0 Å². The number of hydrogen-bond donors (Lipinski definition) is 2. The van der Waals surface area contributed by atoms with E-state index in [-0.39, 0.29) is 24.5 Å². The lowest BCUT2D eigenvalue weighted by atomic mass is 9.99. The molecule has 218 valence electrons. The van der Waals surface area contributed by atoms with Gasteiger partial charge in [-0.05, 0) is 23.3 Å². The Morgan fingerprint density at radius 3 is 2.20 bits per heavy atom. The number of aliphatic hydroxyl groups excluding tert-OH is 1. The second-order valence-corrected chi connectivity index (χ2v) is 9.79. The number of nitrogens with zero attached hydrogens (tertiary/aromatic N) is 1. The molecule has 2 aliphatic heterocycles. The van der Waals surface area contributed by atoms with Crippen molar-refractivity contribution in [2.75, 3.05) is 38.2 Å². The van der Waals surface area contributed by atoms with Crippen molar-refractivity contribution in [1.29, 1.82) is 0 Å². The van der Waals surface area contributed by atoms with E-state index in [1.54, 1.807) is 18.2 Å². The lowest BCUT2D eigenvalue weighted by molar-refractivity contribution is -0.253. The first-order chi connectivity index (χ1) is 19.7. The van der Waals surface area contributed by atoms with Crippen molar-refractivity contribution >= 4 is 11.6 Å². The average molecular weight is 579 g/mol. The smallest absolute Gasteiger partial charge is 0.261 e. The Hall–Kier alpha value is -3.42. The fourth-order valence-electron chi connectivity index (χ4n) is 4.87. The number of rotatable bonds is 7. The van der Waals surface area contributed by atoms with E-state index in [9.17, 15) is 31.9 Å². The molecule has 5 rings (SSSR count). The number of anilines is 1. The van der Waals surface area contributed by atoms with Gasteiger partial charge in [0, 0.05) is 37.3 Å². The van der Waals surface area contributed by atoms with Crippen molar-refractivity contribution in [3.05, 3.63) is 99.9 Å². The molecule has 3 aromatic carbocycles. The number of amides is 1. The van der Waals surface area contributed by atoms with Crippen LogP contribution in [0.5, 0.6) is 0 Å². The highest BCUT2D eigenvalue weighted by molar-refractivity contribution is 6.04. The average Bonchev–Trinajstić information content (AvgIpc) is 2.99. The van der Waals surface area contributed by atoms with Gasteiger partial charge >= 0.3 is 0 Å². The van der Waals surface area contributed by atoms with E-state index in [0.29, 0.717) is 31.7 Å².